The van der Waals surface area contributed by atoms with E-state index in [9.17, 15) is 0 Å². The summed E-state index contributed by atoms with van der Waals surface area (Å²) in [5.41, 5.74) is 6.60. The van der Waals surface area contributed by atoms with Crippen LogP contribution >= 0.6 is 11.6 Å². The summed E-state index contributed by atoms with van der Waals surface area (Å²) >= 11 is 6.12. The zero-order valence-electron chi connectivity index (χ0n) is 12.7. The molecule has 0 atom stereocenters. The fourth-order valence-electron chi connectivity index (χ4n) is 2.41. The van der Waals surface area contributed by atoms with Gasteiger partial charge in [-0.15, -0.1) is 0 Å². The highest BCUT2D eigenvalue weighted by molar-refractivity contribution is 6.31. The van der Waals surface area contributed by atoms with Gasteiger partial charge < -0.3 is 17.7 Å². The zero-order valence-corrected chi connectivity index (χ0v) is 14.3. The molecule has 2 nitrogen and oxygen atoms in total. The van der Waals surface area contributed by atoms with E-state index in [0.29, 0.717) is 0 Å². The van der Waals surface area contributed by atoms with Crippen molar-refractivity contribution in [3.05, 3.63) is 64.3 Å². The molecule has 1 heterocycles. The van der Waals surface area contributed by atoms with Crippen molar-refractivity contribution in [2.24, 2.45) is 0 Å². The van der Waals surface area contributed by atoms with Crippen LogP contribution in [0, 0.1) is 20.8 Å². The molecule has 114 valence electrons. The predicted octanol–water partition coefficient (Wildman–Crippen LogP) is 2.56. The van der Waals surface area contributed by atoms with Crippen LogP contribution < -0.4 is 17.7 Å². The van der Waals surface area contributed by atoms with Crippen LogP contribution in [0.25, 0.3) is 10.9 Å². The normalized spacial score (nSPS) is 10.4. The summed E-state index contributed by atoms with van der Waals surface area (Å²) < 4.78 is 0. The lowest BCUT2D eigenvalue weighted by Crippen LogP contribution is -3.00. The van der Waals surface area contributed by atoms with Gasteiger partial charge in [-0.3, -0.25) is 4.98 Å². The minimum Gasteiger partial charge on any atom is -1.00 e. The van der Waals surface area contributed by atoms with Crippen LogP contribution in [0.2, 0.25) is 5.02 Å². The van der Waals surface area contributed by atoms with Crippen molar-refractivity contribution in [1.29, 1.82) is 0 Å². The number of nitrogens with one attached hydrogen (secondary N) is 1. The quantitative estimate of drug-likeness (QED) is 0.780. The second-order valence-electron chi connectivity index (χ2n) is 5.40. The molecule has 0 aliphatic carbocycles. The Balaban J connectivity index is 0.00000176. The second-order valence-corrected chi connectivity index (χ2v) is 5.83. The average Bonchev–Trinajstić information content (AvgIpc) is 2.43. The van der Waals surface area contributed by atoms with E-state index in [-0.39, 0.29) is 12.4 Å². The number of pyridine rings is 1. The van der Waals surface area contributed by atoms with E-state index in [4.69, 9.17) is 11.6 Å². The SMILES string of the molecule is Cc1cc(Nc2ccc(C)c(C)c2)c2cc(Cl)ccc2n1.[Cl-]. The van der Waals surface area contributed by atoms with Gasteiger partial charge in [-0.1, -0.05) is 17.7 Å². The molecule has 0 radical (unpaired) electrons. The van der Waals surface area contributed by atoms with E-state index in [0.717, 1.165) is 33.0 Å². The molecular formula is C18H17Cl2N2-. The monoisotopic (exact) mass is 331 g/mol. The van der Waals surface area contributed by atoms with Crippen molar-refractivity contribution in [3.63, 3.8) is 0 Å². The molecular weight excluding hydrogens is 315 g/mol. The molecule has 0 aliphatic heterocycles. The van der Waals surface area contributed by atoms with Gasteiger partial charge in [-0.05, 0) is 68.3 Å². The standard InChI is InChI=1S/C18H17ClN2.ClH/c1-11-4-6-15(8-12(11)2)21-18-9-13(3)20-17-7-5-14(19)10-16(17)18;/h4-10H,1-3H3,(H,20,21);1H/p-1. The summed E-state index contributed by atoms with van der Waals surface area (Å²) in [6, 6.07) is 14.2. The Bertz CT molecular complexity index is 829. The highest BCUT2D eigenvalue weighted by atomic mass is 35.5. The molecule has 22 heavy (non-hydrogen) atoms. The molecule has 0 amide bonds. The lowest BCUT2D eigenvalue weighted by molar-refractivity contribution is -0.00000435. The Hall–Kier alpha value is -1.77. The molecule has 0 bridgehead atoms. The van der Waals surface area contributed by atoms with Crippen LogP contribution in [0.1, 0.15) is 16.8 Å². The van der Waals surface area contributed by atoms with Crippen molar-refractivity contribution in [3.8, 4) is 0 Å². The molecule has 1 aromatic heterocycles. The highest BCUT2D eigenvalue weighted by Crippen LogP contribution is 2.29. The predicted molar refractivity (Wildman–Crippen MR) is 90.7 cm³/mol. The first-order chi connectivity index (χ1) is 10.0. The topological polar surface area (TPSA) is 24.9 Å². The van der Waals surface area contributed by atoms with Gasteiger partial charge in [0.15, 0.2) is 0 Å². The molecule has 3 rings (SSSR count). The number of fused-ring (bicyclic) bond motifs is 1. The Labute approximate surface area is 141 Å². The lowest BCUT2D eigenvalue weighted by Gasteiger charge is -2.12. The molecule has 0 saturated heterocycles. The minimum atomic E-state index is 0. The second kappa shape index (κ2) is 6.55. The van der Waals surface area contributed by atoms with Crippen molar-refractivity contribution in [2.45, 2.75) is 20.8 Å². The summed E-state index contributed by atoms with van der Waals surface area (Å²) in [6.45, 7) is 6.23. The zero-order chi connectivity index (χ0) is 15.0. The number of hydrogen-bond acceptors (Lipinski definition) is 2. The summed E-state index contributed by atoms with van der Waals surface area (Å²) in [6.07, 6.45) is 0. The van der Waals surface area contributed by atoms with Gasteiger partial charge in [0.1, 0.15) is 0 Å². The highest BCUT2D eigenvalue weighted by Gasteiger charge is 2.06. The first-order valence-corrected chi connectivity index (χ1v) is 7.32. The fourth-order valence-corrected chi connectivity index (χ4v) is 2.58. The van der Waals surface area contributed by atoms with E-state index in [1.54, 1.807) is 0 Å². The molecule has 0 fully saturated rings. The van der Waals surface area contributed by atoms with Crippen molar-refractivity contribution < 1.29 is 12.4 Å². The number of anilines is 2. The fraction of sp³-hybridized carbons (Fsp3) is 0.167. The maximum absolute atomic E-state index is 6.12. The maximum Gasteiger partial charge on any atom is 0.0727 e. The molecule has 0 aliphatic rings. The van der Waals surface area contributed by atoms with Crippen LogP contribution in [0.4, 0.5) is 11.4 Å². The third kappa shape index (κ3) is 3.34. The molecule has 1 N–H and O–H groups in total. The van der Waals surface area contributed by atoms with E-state index in [1.807, 2.05) is 31.2 Å². The van der Waals surface area contributed by atoms with E-state index >= 15 is 0 Å². The molecule has 2 aromatic carbocycles. The summed E-state index contributed by atoms with van der Waals surface area (Å²) in [5.74, 6) is 0. The summed E-state index contributed by atoms with van der Waals surface area (Å²) in [4.78, 5) is 4.55. The van der Waals surface area contributed by atoms with Crippen LogP contribution in [-0.4, -0.2) is 4.98 Å². The van der Waals surface area contributed by atoms with Crippen LogP contribution in [0.5, 0.6) is 0 Å². The van der Waals surface area contributed by atoms with Gasteiger partial charge in [-0.25, -0.2) is 0 Å². The van der Waals surface area contributed by atoms with Gasteiger partial charge >= 0.3 is 0 Å². The lowest BCUT2D eigenvalue weighted by atomic mass is 10.1. The number of aromatic nitrogens is 1. The molecule has 0 unspecified atom stereocenters. The Kier molecular flexibility index (Phi) is 4.94. The van der Waals surface area contributed by atoms with E-state index < -0.39 is 0 Å². The van der Waals surface area contributed by atoms with Crippen LogP contribution in [0.3, 0.4) is 0 Å². The maximum atomic E-state index is 6.12. The smallest absolute Gasteiger partial charge is 0.0727 e. The number of benzene rings is 2. The third-order valence-electron chi connectivity index (χ3n) is 3.68. The molecule has 0 saturated carbocycles. The van der Waals surface area contributed by atoms with Gasteiger partial charge in [0.05, 0.1) is 5.52 Å². The first kappa shape index (κ1) is 16.6. The van der Waals surface area contributed by atoms with Gasteiger partial charge in [0.25, 0.3) is 0 Å². The number of halogens is 2. The number of rotatable bonds is 2. The van der Waals surface area contributed by atoms with E-state index in [1.165, 1.54) is 11.1 Å². The van der Waals surface area contributed by atoms with Crippen molar-refractivity contribution in [1.82, 2.24) is 4.98 Å². The molecule has 4 heteroatoms. The van der Waals surface area contributed by atoms with Gasteiger partial charge in [-0.2, -0.15) is 0 Å². The Morgan fingerprint density at radius 2 is 1.68 bits per heavy atom. The summed E-state index contributed by atoms with van der Waals surface area (Å²) in [5, 5.41) is 5.24. The van der Waals surface area contributed by atoms with Crippen LogP contribution in [0.15, 0.2) is 42.5 Å². The van der Waals surface area contributed by atoms with Crippen LogP contribution in [-0.2, 0) is 0 Å². The largest absolute Gasteiger partial charge is 1.00 e. The number of nitrogens with zero attached hydrogens (tertiary/aromatic N) is 1. The molecule has 3 aromatic rings. The minimum absolute atomic E-state index is 0. The first-order valence-electron chi connectivity index (χ1n) is 6.94. The van der Waals surface area contributed by atoms with E-state index in [2.05, 4.69) is 42.3 Å². The van der Waals surface area contributed by atoms with Gasteiger partial charge in [0.2, 0.25) is 0 Å². The molecule has 0 spiro atoms. The van der Waals surface area contributed by atoms with Crippen molar-refractivity contribution in [2.75, 3.05) is 5.32 Å². The van der Waals surface area contributed by atoms with Crippen molar-refractivity contribution >= 4 is 33.9 Å². The third-order valence-corrected chi connectivity index (χ3v) is 3.92. The Morgan fingerprint density at radius 1 is 0.909 bits per heavy atom. The van der Waals surface area contributed by atoms with Gasteiger partial charge in [0, 0.05) is 27.5 Å². The number of hydrogen-bond donors (Lipinski definition) is 1. The number of aryl methyl sites for hydroxylation is 3. The Morgan fingerprint density at radius 3 is 2.41 bits per heavy atom. The average molecular weight is 332 g/mol. The summed E-state index contributed by atoms with van der Waals surface area (Å²) in [7, 11) is 0.